The average Bonchev–Trinajstić information content (AvgIpc) is 3.55. The molecule has 1 fully saturated rings. The predicted octanol–water partition coefficient (Wildman–Crippen LogP) is 3.36. The van der Waals surface area contributed by atoms with Gasteiger partial charge in [0.2, 0.25) is 5.91 Å². The van der Waals surface area contributed by atoms with Gasteiger partial charge in [-0.25, -0.2) is 4.79 Å². The Morgan fingerprint density at radius 1 is 1.04 bits per heavy atom. The first-order valence-electron chi connectivity index (χ1n) is 9.61. The minimum atomic E-state index is -0.948. The highest BCUT2D eigenvalue weighted by Gasteiger charge is 2.34. The Bertz CT molecular complexity index is 873. The van der Waals surface area contributed by atoms with Gasteiger partial charge in [0.1, 0.15) is 13.2 Å². The third kappa shape index (κ3) is 4.27. The van der Waals surface area contributed by atoms with Crippen LogP contribution in [0.15, 0.2) is 42.5 Å². The van der Waals surface area contributed by atoms with E-state index in [4.69, 9.17) is 14.6 Å². The number of carboxylic acid groups (broad SMARTS) is 1. The van der Waals surface area contributed by atoms with E-state index >= 15 is 0 Å². The molecule has 1 amide bonds. The van der Waals surface area contributed by atoms with Crippen LogP contribution in [0.1, 0.15) is 46.8 Å². The van der Waals surface area contributed by atoms with E-state index in [9.17, 15) is 9.59 Å². The van der Waals surface area contributed by atoms with Crippen molar-refractivity contribution < 1.29 is 24.2 Å². The van der Waals surface area contributed by atoms with E-state index < -0.39 is 5.97 Å². The van der Waals surface area contributed by atoms with Crippen molar-refractivity contribution >= 4 is 11.9 Å². The molecule has 1 heterocycles. The summed E-state index contributed by atoms with van der Waals surface area (Å²) in [7, 11) is 0. The molecule has 0 spiro atoms. The number of benzene rings is 2. The number of carboxylic acids is 1. The number of rotatable bonds is 7. The van der Waals surface area contributed by atoms with Crippen LogP contribution < -0.4 is 14.8 Å². The lowest BCUT2D eigenvalue weighted by atomic mass is 10.0. The summed E-state index contributed by atoms with van der Waals surface area (Å²) in [6, 6.07) is 12.5. The average molecular weight is 381 g/mol. The summed E-state index contributed by atoms with van der Waals surface area (Å²) in [5.74, 6) is 0.995. The van der Waals surface area contributed by atoms with Gasteiger partial charge in [-0.3, -0.25) is 4.79 Å². The van der Waals surface area contributed by atoms with Gasteiger partial charge in [-0.05, 0) is 60.6 Å². The summed E-state index contributed by atoms with van der Waals surface area (Å²) in [4.78, 5) is 23.4. The quantitative estimate of drug-likeness (QED) is 0.768. The first kappa shape index (κ1) is 18.3. The second-order valence-electron chi connectivity index (χ2n) is 7.29. The SMILES string of the molecule is O=C(CCc1ccc(C(=O)O)cc1)NC(c1ccc2c(c1)OCCO2)C1CC1. The van der Waals surface area contributed by atoms with E-state index in [1.54, 1.807) is 24.3 Å². The van der Waals surface area contributed by atoms with Crippen LogP contribution in [0.4, 0.5) is 0 Å². The molecular weight excluding hydrogens is 358 g/mol. The number of hydrogen-bond acceptors (Lipinski definition) is 4. The van der Waals surface area contributed by atoms with Crippen LogP contribution in [0.5, 0.6) is 11.5 Å². The monoisotopic (exact) mass is 381 g/mol. The number of amides is 1. The normalized spacial score (nSPS) is 16.3. The van der Waals surface area contributed by atoms with Gasteiger partial charge < -0.3 is 19.9 Å². The zero-order valence-corrected chi connectivity index (χ0v) is 15.5. The van der Waals surface area contributed by atoms with Gasteiger partial charge in [0, 0.05) is 6.42 Å². The summed E-state index contributed by atoms with van der Waals surface area (Å²) in [6.07, 6.45) is 3.15. The maximum Gasteiger partial charge on any atom is 0.335 e. The van der Waals surface area contributed by atoms with Crippen molar-refractivity contribution in [2.45, 2.75) is 31.7 Å². The van der Waals surface area contributed by atoms with Gasteiger partial charge in [0.25, 0.3) is 0 Å². The number of ether oxygens (including phenoxy) is 2. The molecule has 2 N–H and O–H groups in total. The third-order valence-corrected chi connectivity index (χ3v) is 5.18. The molecule has 1 aliphatic carbocycles. The molecule has 6 nitrogen and oxygen atoms in total. The Morgan fingerprint density at radius 2 is 1.75 bits per heavy atom. The van der Waals surface area contributed by atoms with Crippen LogP contribution in [0, 0.1) is 5.92 Å². The smallest absolute Gasteiger partial charge is 0.335 e. The molecule has 6 heteroatoms. The van der Waals surface area contributed by atoms with E-state index in [0.717, 1.165) is 35.5 Å². The molecule has 2 aromatic carbocycles. The maximum absolute atomic E-state index is 12.5. The fourth-order valence-electron chi connectivity index (χ4n) is 3.47. The van der Waals surface area contributed by atoms with Crippen LogP contribution in [0.25, 0.3) is 0 Å². The van der Waals surface area contributed by atoms with Gasteiger partial charge in [-0.2, -0.15) is 0 Å². The predicted molar refractivity (Wildman–Crippen MR) is 103 cm³/mol. The van der Waals surface area contributed by atoms with Crippen molar-refractivity contribution in [1.29, 1.82) is 0 Å². The standard InChI is InChI=1S/C22H23NO5/c24-20(10-3-14-1-4-16(5-2-14)22(25)26)23-21(15-6-7-15)17-8-9-18-19(13-17)28-12-11-27-18/h1-2,4-5,8-9,13,15,21H,3,6-7,10-12H2,(H,23,24)(H,25,26). The van der Waals surface area contributed by atoms with Crippen LogP contribution in [0.3, 0.4) is 0 Å². The Morgan fingerprint density at radius 3 is 2.43 bits per heavy atom. The van der Waals surface area contributed by atoms with E-state index in [2.05, 4.69) is 5.32 Å². The van der Waals surface area contributed by atoms with Crippen LogP contribution in [-0.4, -0.2) is 30.2 Å². The second kappa shape index (κ2) is 7.92. The highest BCUT2D eigenvalue weighted by molar-refractivity contribution is 5.87. The van der Waals surface area contributed by atoms with Crippen molar-refractivity contribution in [1.82, 2.24) is 5.32 Å². The Labute approximate surface area is 163 Å². The summed E-state index contributed by atoms with van der Waals surface area (Å²) in [6.45, 7) is 1.10. The fraction of sp³-hybridized carbons (Fsp3) is 0.364. The van der Waals surface area contributed by atoms with Crippen molar-refractivity contribution in [3.05, 3.63) is 59.2 Å². The number of fused-ring (bicyclic) bond motifs is 1. The largest absolute Gasteiger partial charge is 0.486 e. The van der Waals surface area contributed by atoms with Crippen LogP contribution >= 0.6 is 0 Å². The third-order valence-electron chi connectivity index (χ3n) is 5.18. The molecule has 0 radical (unpaired) electrons. The fourth-order valence-corrected chi connectivity index (χ4v) is 3.47. The van der Waals surface area contributed by atoms with E-state index in [0.29, 0.717) is 32.0 Å². The highest BCUT2D eigenvalue weighted by atomic mass is 16.6. The number of aryl methyl sites for hydroxylation is 1. The van der Waals surface area contributed by atoms with Crippen molar-refractivity contribution in [3.63, 3.8) is 0 Å². The molecule has 146 valence electrons. The Hall–Kier alpha value is -3.02. The number of aromatic carboxylic acids is 1. The van der Waals surface area contributed by atoms with E-state index in [-0.39, 0.29) is 17.5 Å². The summed E-state index contributed by atoms with van der Waals surface area (Å²) in [5.41, 5.74) is 2.24. The molecule has 28 heavy (non-hydrogen) atoms. The lowest BCUT2D eigenvalue weighted by Gasteiger charge is -2.23. The highest BCUT2D eigenvalue weighted by Crippen LogP contribution is 2.43. The lowest BCUT2D eigenvalue weighted by Crippen LogP contribution is -2.30. The number of nitrogens with one attached hydrogen (secondary N) is 1. The maximum atomic E-state index is 12.5. The Kier molecular flexibility index (Phi) is 5.19. The van der Waals surface area contributed by atoms with E-state index in [1.807, 2.05) is 18.2 Å². The minimum absolute atomic E-state index is 0.00546. The van der Waals surface area contributed by atoms with Gasteiger partial charge in [0.15, 0.2) is 11.5 Å². The van der Waals surface area contributed by atoms with Crippen LogP contribution in [0.2, 0.25) is 0 Å². The molecule has 0 aromatic heterocycles. The number of hydrogen-bond donors (Lipinski definition) is 2. The molecular formula is C22H23NO5. The van der Waals surface area contributed by atoms with E-state index in [1.165, 1.54) is 0 Å². The summed E-state index contributed by atoms with van der Waals surface area (Å²) >= 11 is 0. The van der Waals surface area contributed by atoms with Gasteiger partial charge in [-0.15, -0.1) is 0 Å². The second-order valence-corrected chi connectivity index (χ2v) is 7.29. The molecule has 2 aromatic rings. The lowest BCUT2D eigenvalue weighted by molar-refractivity contribution is -0.122. The molecule has 4 rings (SSSR count). The molecule has 0 saturated heterocycles. The molecule has 0 bridgehead atoms. The first-order chi connectivity index (χ1) is 13.6. The Balaban J connectivity index is 1.38. The molecule has 1 saturated carbocycles. The van der Waals surface area contributed by atoms with Gasteiger partial charge >= 0.3 is 5.97 Å². The number of carbonyl (C=O) groups is 2. The van der Waals surface area contributed by atoms with Crippen LogP contribution in [-0.2, 0) is 11.2 Å². The summed E-state index contributed by atoms with van der Waals surface area (Å²) in [5, 5.41) is 12.1. The van der Waals surface area contributed by atoms with Crippen molar-refractivity contribution in [2.24, 2.45) is 5.92 Å². The zero-order chi connectivity index (χ0) is 19.5. The van der Waals surface area contributed by atoms with Crippen molar-refractivity contribution in [3.8, 4) is 11.5 Å². The van der Waals surface area contributed by atoms with Crippen molar-refractivity contribution in [2.75, 3.05) is 13.2 Å². The zero-order valence-electron chi connectivity index (χ0n) is 15.5. The number of carbonyl (C=O) groups excluding carboxylic acids is 1. The molecule has 1 aliphatic heterocycles. The first-order valence-corrected chi connectivity index (χ1v) is 9.61. The van der Waals surface area contributed by atoms with Gasteiger partial charge in [0.05, 0.1) is 11.6 Å². The topological polar surface area (TPSA) is 84.9 Å². The molecule has 2 aliphatic rings. The summed E-state index contributed by atoms with van der Waals surface area (Å²) < 4.78 is 11.2. The minimum Gasteiger partial charge on any atom is -0.486 e. The molecule has 1 unspecified atom stereocenters. The molecule has 1 atom stereocenters. The van der Waals surface area contributed by atoms with Gasteiger partial charge in [-0.1, -0.05) is 18.2 Å².